The molecule has 20 heavy (non-hydrogen) atoms. The Labute approximate surface area is 126 Å². The number of sulfonamides is 1. The molecule has 0 radical (unpaired) electrons. The Balaban J connectivity index is 2.44. The summed E-state index contributed by atoms with van der Waals surface area (Å²) in [6.07, 6.45) is 1.05. The predicted octanol–water partition coefficient (Wildman–Crippen LogP) is 4.17. The third-order valence-corrected chi connectivity index (χ3v) is 3.73. The summed E-state index contributed by atoms with van der Waals surface area (Å²) in [5, 5.41) is 0.544. The molecule has 0 spiro atoms. The summed E-state index contributed by atoms with van der Waals surface area (Å²) in [6.45, 7) is 0. The SMILES string of the molecule is CS(=O)(=O)Nc1ccc(-c2ccc(F)cc2Cl)c(Cl)c1. The van der Waals surface area contributed by atoms with Crippen molar-refractivity contribution in [2.45, 2.75) is 0 Å². The highest BCUT2D eigenvalue weighted by atomic mass is 35.5. The van der Waals surface area contributed by atoms with Gasteiger partial charge in [0.25, 0.3) is 0 Å². The van der Waals surface area contributed by atoms with Crippen LogP contribution in [0, 0.1) is 5.82 Å². The van der Waals surface area contributed by atoms with Crippen LogP contribution in [0.2, 0.25) is 10.0 Å². The Morgan fingerprint density at radius 2 is 1.55 bits per heavy atom. The standard InChI is InChI=1S/C13H10Cl2FNO2S/c1-20(18,19)17-9-3-5-11(13(15)7-9)10-4-2-8(16)6-12(10)14/h2-7,17H,1H3. The molecule has 0 amide bonds. The maximum Gasteiger partial charge on any atom is 0.229 e. The van der Waals surface area contributed by atoms with E-state index >= 15 is 0 Å². The Morgan fingerprint density at radius 3 is 2.05 bits per heavy atom. The average Bonchev–Trinajstić information content (AvgIpc) is 2.28. The number of anilines is 1. The number of rotatable bonds is 3. The second-order valence-corrected chi connectivity index (χ2v) is 6.76. The Hall–Kier alpha value is -1.30. The van der Waals surface area contributed by atoms with Crippen LogP contribution >= 0.6 is 23.2 Å². The van der Waals surface area contributed by atoms with Crippen LogP contribution in [-0.4, -0.2) is 14.7 Å². The highest BCUT2D eigenvalue weighted by molar-refractivity contribution is 7.92. The summed E-state index contributed by atoms with van der Waals surface area (Å²) in [5.74, 6) is -0.440. The average molecular weight is 334 g/mol. The molecule has 0 aromatic heterocycles. The zero-order chi connectivity index (χ0) is 14.9. The van der Waals surface area contributed by atoms with Gasteiger partial charge in [0.2, 0.25) is 10.0 Å². The van der Waals surface area contributed by atoms with Crippen LogP contribution in [0.4, 0.5) is 10.1 Å². The fourth-order valence-corrected chi connectivity index (χ4v) is 2.83. The van der Waals surface area contributed by atoms with Crippen LogP contribution in [0.15, 0.2) is 36.4 Å². The van der Waals surface area contributed by atoms with Gasteiger partial charge >= 0.3 is 0 Å². The molecular weight excluding hydrogens is 324 g/mol. The molecule has 106 valence electrons. The monoisotopic (exact) mass is 333 g/mol. The Bertz CT molecular complexity index is 763. The summed E-state index contributed by atoms with van der Waals surface area (Å²) in [5.41, 5.74) is 1.51. The van der Waals surface area contributed by atoms with E-state index in [1.807, 2.05) is 0 Å². The lowest BCUT2D eigenvalue weighted by Gasteiger charge is -2.10. The number of hydrogen-bond acceptors (Lipinski definition) is 2. The number of nitrogens with one attached hydrogen (secondary N) is 1. The first kappa shape index (κ1) is 15.1. The van der Waals surface area contributed by atoms with Gasteiger partial charge in [0.05, 0.1) is 16.3 Å². The molecule has 7 heteroatoms. The van der Waals surface area contributed by atoms with E-state index in [4.69, 9.17) is 23.2 Å². The first-order valence-corrected chi connectivity index (χ1v) is 8.14. The largest absolute Gasteiger partial charge is 0.284 e. The van der Waals surface area contributed by atoms with Crippen LogP contribution in [0.5, 0.6) is 0 Å². The molecule has 0 atom stereocenters. The minimum atomic E-state index is -3.37. The summed E-state index contributed by atoms with van der Waals surface area (Å²) in [6, 6.07) is 8.63. The van der Waals surface area contributed by atoms with E-state index in [0.29, 0.717) is 21.8 Å². The van der Waals surface area contributed by atoms with Crippen molar-refractivity contribution in [1.82, 2.24) is 0 Å². The van der Waals surface area contributed by atoms with Gasteiger partial charge in [0.15, 0.2) is 0 Å². The van der Waals surface area contributed by atoms with Crippen molar-refractivity contribution in [3.8, 4) is 11.1 Å². The molecule has 2 aromatic rings. The molecule has 0 unspecified atom stereocenters. The lowest BCUT2D eigenvalue weighted by molar-refractivity contribution is 0.607. The summed E-state index contributed by atoms with van der Waals surface area (Å²) in [4.78, 5) is 0. The topological polar surface area (TPSA) is 46.2 Å². The van der Waals surface area contributed by atoms with E-state index in [1.165, 1.54) is 24.3 Å². The Morgan fingerprint density at radius 1 is 1.00 bits per heavy atom. The normalized spacial score (nSPS) is 11.4. The highest BCUT2D eigenvalue weighted by Crippen LogP contribution is 2.35. The van der Waals surface area contributed by atoms with Gasteiger partial charge in [0.1, 0.15) is 5.82 Å². The predicted molar refractivity (Wildman–Crippen MR) is 80.3 cm³/mol. The van der Waals surface area contributed by atoms with Crippen molar-refractivity contribution in [1.29, 1.82) is 0 Å². The second-order valence-electron chi connectivity index (χ2n) is 4.19. The zero-order valence-corrected chi connectivity index (χ0v) is 12.7. The molecule has 0 aliphatic rings. The van der Waals surface area contributed by atoms with Crippen LogP contribution < -0.4 is 4.72 Å². The molecule has 1 N–H and O–H groups in total. The third kappa shape index (κ3) is 3.62. The molecule has 0 heterocycles. The van der Waals surface area contributed by atoms with Gasteiger partial charge in [-0.25, -0.2) is 12.8 Å². The maximum atomic E-state index is 13.0. The van der Waals surface area contributed by atoms with Crippen molar-refractivity contribution in [3.63, 3.8) is 0 Å². The van der Waals surface area contributed by atoms with Gasteiger partial charge in [-0.1, -0.05) is 29.3 Å². The van der Waals surface area contributed by atoms with Crippen LogP contribution in [-0.2, 0) is 10.0 Å². The first-order valence-electron chi connectivity index (χ1n) is 5.49. The van der Waals surface area contributed by atoms with Gasteiger partial charge in [-0.3, -0.25) is 4.72 Å². The molecule has 0 saturated carbocycles. The minimum absolute atomic E-state index is 0.232. The van der Waals surface area contributed by atoms with Crippen molar-refractivity contribution in [3.05, 3.63) is 52.3 Å². The van der Waals surface area contributed by atoms with E-state index in [2.05, 4.69) is 4.72 Å². The second kappa shape index (κ2) is 5.60. The van der Waals surface area contributed by atoms with Crippen LogP contribution in [0.1, 0.15) is 0 Å². The van der Waals surface area contributed by atoms with E-state index < -0.39 is 15.8 Å². The molecule has 0 saturated heterocycles. The van der Waals surface area contributed by atoms with E-state index in [9.17, 15) is 12.8 Å². The molecule has 3 nitrogen and oxygen atoms in total. The lowest BCUT2D eigenvalue weighted by atomic mass is 10.1. The third-order valence-electron chi connectivity index (χ3n) is 2.49. The maximum absolute atomic E-state index is 13.0. The number of benzene rings is 2. The molecule has 0 aliphatic carbocycles. The molecule has 0 fully saturated rings. The fourth-order valence-electron chi connectivity index (χ4n) is 1.72. The van der Waals surface area contributed by atoms with Crippen LogP contribution in [0.25, 0.3) is 11.1 Å². The molecule has 2 rings (SSSR count). The summed E-state index contributed by atoms with van der Waals surface area (Å²) in [7, 11) is -3.37. The van der Waals surface area contributed by atoms with Gasteiger partial charge in [-0.15, -0.1) is 0 Å². The molecular formula is C13H10Cl2FNO2S. The van der Waals surface area contributed by atoms with E-state index in [-0.39, 0.29) is 5.02 Å². The zero-order valence-electron chi connectivity index (χ0n) is 10.3. The number of halogens is 3. The van der Waals surface area contributed by atoms with Crippen molar-refractivity contribution in [2.24, 2.45) is 0 Å². The molecule has 2 aromatic carbocycles. The van der Waals surface area contributed by atoms with Gasteiger partial charge in [-0.2, -0.15) is 0 Å². The van der Waals surface area contributed by atoms with Crippen LogP contribution in [0.3, 0.4) is 0 Å². The lowest BCUT2D eigenvalue weighted by Crippen LogP contribution is -2.09. The van der Waals surface area contributed by atoms with Crippen molar-refractivity contribution < 1.29 is 12.8 Å². The van der Waals surface area contributed by atoms with Gasteiger partial charge < -0.3 is 0 Å². The number of hydrogen-bond donors (Lipinski definition) is 1. The highest BCUT2D eigenvalue weighted by Gasteiger charge is 2.10. The van der Waals surface area contributed by atoms with E-state index in [1.54, 1.807) is 12.1 Å². The van der Waals surface area contributed by atoms with Gasteiger partial charge in [-0.05, 0) is 30.3 Å². The smallest absolute Gasteiger partial charge is 0.229 e. The summed E-state index contributed by atoms with van der Waals surface area (Å²) < 4.78 is 37.6. The van der Waals surface area contributed by atoms with Crippen molar-refractivity contribution in [2.75, 3.05) is 11.0 Å². The minimum Gasteiger partial charge on any atom is -0.284 e. The summed E-state index contributed by atoms with van der Waals surface area (Å²) >= 11 is 12.1. The van der Waals surface area contributed by atoms with Gasteiger partial charge in [0, 0.05) is 16.8 Å². The molecule has 0 aliphatic heterocycles. The van der Waals surface area contributed by atoms with Crippen molar-refractivity contribution >= 4 is 38.9 Å². The first-order chi connectivity index (χ1) is 9.26. The van der Waals surface area contributed by atoms with E-state index in [0.717, 1.165) is 6.26 Å². The fraction of sp³-hybridized carbons (Fsp3) is 0.0769. The molecule has 0 bridgehead atoms. The quantitative estimate of drug-likeness (QED) is 0.916. The Kier molecular flexibility index (Phi) is 4.22.